The fourth-order valence-electron chi connectivity index (χ4n) is 2.83. The number of hydrogen-bond acceptors (Lipinski definition) is 4. The van der Waals surface area contributed by atoms with E-state index in [0.717, 1.165) is 5.56 Å². The first-order valence-electron chi connectivity index (χ1n) is 8.55. The van der Waals surface area contributed by atoms with Gasteiger partial charge in [-0.3, -0.25) is 9.59 Å². The summed E-state index contributed by atoms with van der Waals surface area (Å²) in [5.41, 5.74) is 0.320. The highest BCUT2D eigenvalue weighted by Crippen LogP contribution is 2.47. The van der Waals surface area contributed by atoms with Gasteiger partial charge in [0, 0.05) is 23.3 Å². The molecule has 0 unspecified atom stereocenters. The topological polar surface area (TPSA) is 76.7 Å². The molecular weight excluding hydrogens is 368 g/mol. The Morgan fingerprint density at radius 3 is 2.37 bits per heavy atom. The summed E-state index contributed by atoms with van der Waals surface area (Å²) < 4.78 is 10.4. The largest absolute Gasteiger partial charge is 0.493 e. The van der Waals surface area contributed by atoms with E-state index in [0.29, 0.717) is 35.1 Å². The van der Waals surface area contributed by atoms with Gasteiger partial charge in [0.25, 0.3) is 0 Å². The van der Waals surface area contributed by atoms with Crippen LogP contribution in [0.2, 0.25) is 5.02 Å². The summed E-state index contributed by atoms with van der Waals surface area (Å²) in [7, 11) is 3.06. The van der Waals surface area contributed by atoms with Crippen molar-refractivity contribution < 1.29 is 19.1 Å². The molecule has 6 nitrogen and oxygen atoms in total. The monoisotopic (exact) mass is 388 g/mol. The Kier molecular flexibility index (Phi) is 5.56. The van der Waals surface area contributed by atoms with Crippen LogP contribution in [0.15, 0.2) is 42.5 Å². The molecular formula is C20H21ClN2O4. The lowest BCUT2D eigenvalue weighted by molar-refractivity contribution is -0.134. The first kappa shape index (κ1) is 19.0. The summed E-state index contributed by atoms with van der Waals surface area (Å²) in [6.45, 7) is 0.282. The molecule has 2 amide bonds. The third kappa shape index (κ3) is 4.01. The molecule has 0 heterocycles. The minimum absolute atomic E-state index is 0.282. The second kappa shape index (κ2) is 7.88. The molecule has 0 radical (unpaired) electrons. The van der Waals surface area contributed by atoms with Crippen molar-refractivity contribution in [3.63, 3.8) is 0 Å². The smallest absolute Gasteiger partial charge is 0.240 e. The van der Waals surface area contributed by atoms with Crippen molar-refractivity contribution in [2.75, 3.05) is 19.5 Å². The Hall–Kier alpha value is -2.73. The van der Waals surface area contributed by atoms with Crippen LogP contribution in [0.25, 0.3) is 0 Å². The number of hydrogen-bond donors (Lipinski definition) is 2. The summed E-state index contributed by atoms with van der Waals surface area (Å²) in [5.74, 6) is 0.448. The predicted octanol–water partition coefficient (Wildman–Crippen LogP) is 3.39. The van der Waals surface area contributed by atoms with Gasteiger partial charge in [0.15, 0.2) is 11.5 Å². The molecule has 2 aromatic rings. The Morgan fingerprint density at radius 2 is 1.74 bits per heavy atom. The molecule has 3 rings (SSSR count). The van der Waals surface area contributed by atoms with Crippen molar-refractivity contribution in [1.82, 2.24) is 5.32 Å². The fraction of sp³-hybridized carbons (Fsp3) is 0.300. The highest BCUT2D eigenvalue weighted by Gasteiger charge is 2.56. The number of halogens is 1. The molecule has 2 aromatic carbocycles. The van der Waals surface area contributed by atoms with Crippen LogP contribution in [0, 0.1) is 5.41 Å². The summed E-state index contributed by atoms with van der Waals surface area (Å²) >= 11 is 6.11. The number of carbonyl (C=O) groups is 2. The van der Waals surface area contributed by atoms with Crippen LogP contribution in [0.4, 0.5) is 5.69 Å². The van der Waals surface area contributed by atoms with Crippen molar-refractivity contribution in [3.8, 4) is 11.5 Å². The Bertz CT molecular complexity index is 865. The van der Waals surface area contributed by atoms with E-state index >= 15 is 0 Å². The van der Waals surface area contributed by atoms with E-state index in [2.05, 4.69) is 10.6 Å². The summed E-state index contributed by atoms with van der Waals surface area (Å²) in [6, 6.07) is 12.3. The first-order valence-corrected chi connectivity index (χ1v) is 8.93. The molecule has 7 heteroatoms. The third-order valence-corrected chi connectivity index (χ3v) is 5.03. The highest BCUT2D eigenvalue weighted by molar-refractivity contribution is 6.31. The molecule has 0 spiro atoms. The summed E-state index contributed by atoms with van der Waals surface area (Å²) in [5, 5.41) is 6.20. The zero-order valence-electron chi connectivity index (χ0n) is 15.2. The lowest BCUT2D eigenvalue weighted by Crippen LogP contribution is -2.39. The Labute approximate surface area is 162 Å². The van der Waals surface area contributed by atoms with E-state index in [1.807, 2.05) is 18.2 Å². The average Bonchev–Trinajstić information content (AvgIpc) is 3.49. The van der Waals surface area contributed by atoms with Crippen molar-refractivity contribution in [3.05, 3.63) is 53.1 Å². The molecule has 0 saturated heterocycles. The standard InChI is InChI=1S/C20H21ClN2O4/c1-26-16-8-7-14(11-17(16)27-2)23-19(25)20(9-10-20)18(24)22-12-13-5-3-4-6-15(13)21/h3-8,11H,9-10,12H2,1-2H3,(H,22,24)(H,23,25). The van der Waals surface area contributed by atoms with Gasteiger partial charge in [-0.15, -0.1) is 0 Å². The summed E-state index contributed by atoms with van der Waals surface area (Å²) in [6.07, 6.45) is 1.03. The predicted molar refractivity (Wildman–Crippen MR) is 103 cm³/mol. The second-order valence-corrected chi connectivity index (χ2v) is 6.79. The zero-order valence-corrected chi connectivity index (χ0v) is 15.9. The van der Waals surface area contributed by atoms with E-state index in [4.69, 9.17) is 21.1 Å². The molecule has 0 atom stereocenters. The van der Waals surface area contributed by atoms with Crippen LogP contribution < -0.4 is 20.1 Å². The number of rotatable bonds is 7. The Morgan fingerprint density at radius 1 is 1.04 bits per heavy atom. The van der Waals surface area contributed by atoms with Gasteiger partial charge in [0.2, 0.25) is 11.8 Å². The zero-order chi connectivity index (χ0) is 19.4. The molecule has 1 aliphatic carbocycles. The molecule has 1 fully saturated rings. The van der Waals surface area contributed by atoms with Crippen LogP contribution in [0.5, 0.6) is 11.5 Å². The second-order valence-electron chi connectivity index (χ2n) is 6.38. The van der Waals surface area contributed by atoms with Crippen LogP contribution in [-0.2, 0) is 16.1 Å². The maximum atomic E-state index is 12.7. The maximum Gasteiger partial charge on any atom is 0.240 e. The number of benzene rings is 2. The summed E-state index contributed by atoms with van der Waals surface area (Å²) in [4.78, 5) is 25.3. The molecule has 0 aromatic heterocycles. The number of methoxy groups -OCH3 is 2. The van der Waals surface area contributed by atoms with E-state index in [-0.39, 0.29) is 18.4 Å². The Balaban J connectivity index is 1.65. The van der Waals surface area contributed by atoms with Crippen LogP contribution in [0.1, 0.15) is 18.4 Å². The van der Waals surface area contributed by atoms with Crippen LogP contribution in [-0.4, -0.2) is 26.0 Å². The van der Waals surface area contributed by atoms with Crippen molar-refractivity contribution in [2.24, 2.45) is 5.41 Å². The van der Waals surface area contributed by atoms with E-state index in [9.17, 15) is 9.59 Å². The van der Waals surface area contributed by atoms with Crippen LogP contribution >= 0.6 is 11.6 Å². The van der Waals surface area contributed by atoms with Crippen molar-refractivity contribution in [2.45, 2.75) is 19.4 Å². The number of carbonyl (C=O) groups excluding carboxylic acids is 2. The van der Waals surface area contributed by atoms with Gasteiger partial charge in [-0.1, -0.05) is 29.8 Å². The van der Waals surface area contributed by atoms with E-state index in [1.54, 1.807) is 31.4 Å². The number of nitrogens with one attached hydrogen (secondary N) is 2. The van der Waals surface area contributed by atoms with Crippen molar-refractivity contribution >= 4 is 29.1 Å². The van der Waals surface area contributed by atoms with Gasteiger partial charge in [-0.25, -0.2) is 0 Å². The quantitative estimate of drug-likeness (QED) is 0.713. The van der Waals surface area contributed by atoms with Gasteiger partial charge >= 0.3 is 0 Å². The maximum absolute atomic E-state index is 12.7. The molecule has 1 aliphatic rings. The normalized spacial score (nSPS) is 14.2. The van der Waals surface area contributed by atoms with Gasteiger partial charge < -0.3 is 20.1 Å². The third-order valence-electron chi connectivity index (χ3n) is 4.66. The molecule has 0 aliphatic heterocycles. The van der Waals surface area contributed by atoms with Crippen molar-refractivity contribution in [1.29, 1.82) is 0 Å². The molecule has 0 bridgehead atoms. The minimum atomic E-state index is -1.03. The number of anilines is 1. The van der Waals surface area contributed by atoms with E-state index in [1.165, 1.54) is 7.11 Å². The van der Waals surface area contributed by atoms with Gasteiger partial charge in [-0.2, -0.15) is 0 Å². The number of amides is 2. The molecule has 27 heavy (non-hydrogen) atoms. The van der Waals surface area contributed by atoms with Gasteiger partial charge in [0.1, 0.15) is 5.41 Å². The lowest BCUT2D eigenvalue weighted by Gasteiger charge is -2.16. The van der Waals surface area contributed by atoms with Crippen LogP contribution in [0.3, 0.4) is 0 Å². The first-order chi connectivity index (χ1) is 13.0. The molecule has 1 saturated carbocycles. The van der Waals surface area contributed by atoms with E-state index < -0.39 is 5.41 Å². The fourth-order valence-corrected chi connectivity index (χ4v) is 3.04. The average molecular weight is 389 g/mol. The molecule has 142 valence electrons. The number of ether oxygens (including phenoxy) is 2. The lowest BCUT2D eigenvalue weighted by atomic mass is 10.0. The van der Waals surface area contributed by atoms with Gasteiger partial charge in [0.05, 0.1) is 14.2 Å². The minimum Gasteiger partial charge on any atom is -0.493 e. The SMILES string of the molecule is COc1ccc(NC(=O)C2(C(=O)NCc3ccccc3Cl)CC2)cc1OC. The highest BCUT2D eigenvalue weighted by atomic mass is 35.5. The molecule has 2 N–H and O–H groups in total. The van der Waals surface area contributed by atoms with Gasteiger partial charge in [-0.05, 0) is 36.6 Å².